The molecular formula is C23H18F3NO5S. The monoisotopic (exact) mass is 477 g/mol. The molecule has 0 fully saturated rings. The maximum Gasteiger partial charge on any atom is 0.416 e. The molecule has 0 aliphatic carbocycles. The molecule has 0 amide bonds. The molecule has 1 N–H and O–H groups in total. The highest BCUT2D eigenvalue weighted by atomic mass is 32.2. The number of hydrogen-bond acceptors (Lipinski definition) is 7. The van der Waals surface area contributed by atoms with Gasteiger partial charge in [0, 0.05) is 0 Å². The molecular weight excluding hydrogens is 459 g/mol. The van der Waals surface area contributed by atoms with E-state index < -0.39 is 17.7 Å². The molecule has 2 heterocycles. The second-order valence-electron chi connectivity index (χ2n) is 6.92. The van der Waals surface area contributed by atoms with Gasteiger partial charge in [-0.1, -0.05) is 17.8 Å². The molecule has 2 aliphatic rings. The molecule has 0 bridgehead atoms. The molecule has 6 nitrogen and oxygen atoms in total. The Morgan fingerprint density at radius 2 is 1.85 bits per heavy atom. The molecule has 0 atom stereocenters. The first-order valence-corrected chi connectivity index (χ1v) is 10.7. The zero-order chi connectivity index (χ0) is 23.6. The maximum absolute atomic E-state index is 12.8. The number of ether oxygens (including phenoxy) is 3. The molecule has 0 unspecified atom stereocenters. The third-order valence-electron chi connectivity index (χ3n) is 4.66. The van der Waals surface area contributed by atoms with E-state index in [1.54, 1.807) is 31.2 Å². The van der Waals surface area contributed by atoms with Crippen molar-refractivity contribution in [2.45, 2.75) is 13.1 Å². The summed E-state index contributed by atoms with van der Waals surface area (Å²) < 4.78 is 54.6. The Bertz CT molecular complexity index is 1170. The Labute approximate surface area is 191 Å². The molecule has 33 heavy (non-hydrogen) atoms. The van der Waals surface area contributed by atoms with Crippen LogP contribution in [-0.4, -0.2) is 35.9 Å². The van der Waals surface area contributed by atoms with Crippen LogP contribution in [0, 0.1) is 0 Å². The number of aliphatic imine (C=N–C) groups is 1. The van der Waals surface area contributed by atoms with Crippen LogP contribution in [0.2, 0.25) is 0 Å². The summed E-state index contributed by atoms with van der Waals surface area (Å²) in [6, 6.07) is 9.44. The third-order valence-corrected chi connectivity index (χ3v) is 5.68. The number of nitrogens with zero attached hydrogens (tertiary/aromatic N) is 1. The number of carbonyl (C=O) groups is 1. The number of alkyl halides is 3. The third kappa shape index (κ3) is 5.00. The first kappa shape index (κ1) is 22.8. The number of fused-ring (bicyclic) bond motifs is 1. The fraction of sp³-hybridized carbons (Fsp3) is 0.217. The van der Waals surface area contributed by atoms with E-state index in [0.29, 0.717) is 35.2 Å². The van der Waals surface area contributed by atoms with Gasteiger partial charge in [0.15, 0.2) is 11.5 Å². The normalized spacial score (nSPS) is 18.2. The van der Waals surface area contributed by atoms with Crippen LogP contribution in [0.4, 0.5) is 18.9 Å². The average molecular weight is 477 g/mol. The van der Waals surface area contributed by atoms with Crippen LogP contribution in [0.5, 0.6) is 11.5 Å². The molecule has 0 aromatic heterocycles. The van der Waals surface area contributed by atoms with E-state index in [1.165, 1.54) is 12.1 Å². The van der Waals surface area contributed by atoms with Gasteiger partial charge in [0.25, 0.3) is 0 Å². The highest BCUT2D eigenvalue weighted by Crippen LogP contribution is 2.41. The summed E-state index contributed by atoms with van der Waals surface area (Å²) in [6.07, 6.45) is -2.83. The van der Waals surface area contributed by atoms with Crippen molar-refractivity contribution in [3.63, 3.8) is 0 Å². The summed E-state index contributed by atoms with van der Waals surface area (Å²) in [7, 11) is 0. The molecule has 4 rings (SSSR count). The van der Waals surface area contributed by atoms with Gasteiger partial charge in [0.1, 0.15) is 29.6 Å². The van der Waals surface area contributed by atoms with Crippen LogP contribution < -0.4 is 9.47 Å². The van der Waals surface area contributed by atoms with E-state index in [0.717, 1.165) is 23.9 Å². The summed E-state index contributed by atoms with van der Waals surface area (Å²) in [5.74, 6) is 0.0723. The minimum Gasteiger partial charge on any atom is -0.506 e. The topological polar surface area (TPSA) is 77.4 Å². The lowest BCUT2D eigenvalue weighted by molar-refractivity contribution is -0.138. The smallest absolute Gasteiger partial charge is 0.416 e. The van der Waals surface area contributed by atoms with Crippen molar-refractivity contribution in [3.8, 4) is 11.5 Å². The van der Waals surface area contributed by atoms with Crippen molar-refractivity contribution in [3.05, 3.63) is 69.8 Å². The van der Waals surface area contributed by atoms with Crippen molar-refractivity contribution in [1.82, 2.24) is 0 Å². The van der Waals surface area contributed by atoms with Crippen LogP contribution in [0.3, 0.4) is 0 Å². The van der Waals surface area contributed by atoms with Crippen molar-refractivity contribution in [2.24, 2.45) is 4.99 Å². The predicted octanol–water partition coefficient (Wildman–Crippen LogP) is 5.67. The first-order chi connectivity index (χ1) is 15.8. The summed E-state index contributed by atoms with van der Waals surface area (Å²) in [6.45, 7) is 2.58. The molecule has 2 aliphatic heterocycles. The Morgan fingerprint density at radius 3 is 2.52 bits per heavy atom. The fourth-order valence-electron chi connectivity index (χ4n) is 3.14. The summed E-state index contributed by atoms with van der Waals surface area (Å²) in [5, 5.41) is 10.9. The van der Waals surface area contributed by atoms with Crippen LogP contribution in [0.15, 0.2) is 63.7 Å². The number of hydrogen-bond donors (Lipinski definition) is 1. The lowest BCUT2D eigenvalue weighted by Gasteiger charge is -2.18. The second kappa shape index (κ2) is 9.22. The zero-order valence-electron chi connectivity index (χ0n) is 17.3. The number of benzene rings is 2. The number of carbonyl (C=O) groups excluding carboxylic acids is 1. The van der Waals surface area contributed by atoms with Crippen LogP contribution in [0.25, 0.3) is 6.08 Å². The Hall–Kier alpha value is -3.40. The number of aliphatic hydroxyl groups is 1. The average Bonchev–Trinajstić information content (AvgIpc) is 3.08. The standard InChI is InChI=1S/C23H18F3NO5S/c1-2-30-22(29)19-20(28)18(12-13-3-8-16-17(11-13)32-10-9-31-16)33-21(19)27-15-6-4-14(5-7-15)23(24,25)26/h3-8,11-12,28H,2,9-10H2,1H3/b18-12+,27-21?. The molecule has 2 aromatic rings. The Balaban J connectivity index is 1.69. The Kier molecular flexibility index (Phi) is 6.37. The van der Waals surface area contributed by atoms with Crippen molar-refractivity contribution in [2.75, 3.05) is 19.8 Å². The molecule has 0 saturated carbocycles. The van der Waals surface area contributed by atoms with E-state index in [2.05, 4.69) is 4.99 Å². The number of rotatable bonds is 4. The van der Waals surface area contributed by atoms with Gasteiger partial charge >= 0.3 is 12.1 Å². The van der Waals surface area contributed by atoms with Crippen LogP contribution in [0.1, 0.15) is 18.1 Å². The van der Waals surface area contributed by atoms with Crippen LogP contribution >= 0.6 is 11.8 Å². The number of aliphatic hydroxyl groups excluding tert-OH is 1. The summed E-state index contributed by atoms with van der Waals surface area (Å²) >= 11 is 1.01. The van der Waals surface area contributed by atoms with Crippen molar-refractivity contribution >= 4 is 34.5 Å². The van der Waals surface area contributed by atoms with Gasteiger partial charge < -0.3 is 19.3 Å². The molecule has 2 aromatic carbocycles. The predicted molar refractivity (Wildman–Crippen MR) is 118 cm³/mol. The number of halogens is 3. The number of thioether (sulfide) groups is 1. The second-order valence-corrected chi connectivity index (χ2v) is 7.95. The van der Waals surface area contributed by atoms with Crippen LogP contribution in [-0.2, 0) is 15.7 Å². The van der Waals surface area contributed by atoms with Crippen molar-refractivity contribution in [1.29, 1.82) is 0 Å². The maximum atomic E-state index is 12.8. The highest BCUT2D eigenvalue weighted by Gasteiger charge is 2.34. The van der Waals surface area contributed by atoms with E-state index in [-0.39, 0.29) is 28.7 Å². The number of esters is 1. The van der Waals surface area contributed by atoms with E-state index in [9.17, 15) is 23.1 Å². The quantitative estimate of drug-likeness (QED) is 0.572. The van der Waals surface area contributed by atoms with Gasteiger partial charge in [-0.05, 0) is 55.0 Å². The van der Waals surface area contributed by atoms with Gasteiger partial charge in [-0.15, -0.1) is 0 Å². The zero-order valence-corrected chi connectivity index (χ0v) is 18.1. The van der Waals surface area contributed by atoms with E-state index in [1.807, 2.05) is 0 Å². The molecule has 0 saturated heterocycles. The van der Waals surface area contributed by atoms with Gasteiger partial charge in [0.2, 0.25) is 0 Å². The minimum absolute atomic E-state index is 0.0784. The highest BCUT2D eigenvalue weighted by molar-refractivity contribution is 8.18. The summed E-state index contributed by atoms with van der Waals surface area (Å²) in [4.78, 5) is 17.1. The Morgan fingerprint density at radius 1 is 1.15 bits per heavy atom. The molecule has 10 heteroatoms. The van der Waals surface area contributed by atoms with Gasteiger partial charge in [-0.25, -0.2) is 9.79 Å². The van der Waals surface area contributed by atoms with Gasteiger partial charge in [-0.3, -0.25) is 0 Å². The van der Waals surface area contributed by atoms with E-state index >= 15 is 0 Å². The van der Waals surface area contributed by atoms with Gasteiger partial charge in [-0.2, -0.15) is 13.2 Å². The van der Waals surface area contributed by atoms with E-state index in [4.69, 9.17) is 14.2 Å². The molecule has 172 valence electrons. The minimum atomic E-state index is -4.47. The largest absolute Gasteiger partial charge is 0.506 e. The molecule has 0 radical (unpaired) electrons. The SMILES string of the molecule is CCOC(=O)C1=C(O)/C(=C\c2ccc3c(c2)OCCO3)SC1=Nc1ccc(C(F)(F)F)cc1. The summed E-state index contributed by atoms with van der Waals surface area (Å²) in [5.41, 5.74) is -0.0766. The fourth-order valence-corrected chi connectivity index (χ4v) is 4.17. The lowest BCUT2D eigenvalue weighted by atomic mass is 10.1. The van der Waals surface area contributed by atoms with Crippen molar-refractivity contribution < 1.29 is 37.3 Å². The lowest BCUT2D eigenvalue weighted by Crippen LogP contribution is -2.15. The first-order valence-electron chi connectivity index (χ1n) is 9.92. The van der Waals surface area contributed by atoms with Gasteiger partial charge in [0.05, 0.1) is 22.8 Å². The molecule has 0 spiro atoms.